The van der Waals surface area contributed by atoms with Crippen molar-refractivity contribution in [1.29, 1.82) is 0 Å². The lowest BCUT2D eigenvalue weighted by molar-refractivity contribution is -0.125. The number of hydrogen-bond donors (Lipinski definition) is 1. The van der Waals surface area contributed by atoms with Crippen molar-refractivity contribution < 1.29 is 9.59 Å². The topological polar surface area (TPSA) is 67.2 Å². The lowest BCUT2D eigenvalue weighted by Gasteiger charge is -2.17. The number of likely N-dealkylation sites (N-methyl/N-ethyl adjacent to an activating group) is 1. The molecule has 1 aliphatic rings. The van der Waals surface area contributed by atoms with Crippen molar-refractivity contribution in [3.05, 3.63) is 65.1 Å². The van der Waals surface area contributed by atoms with E-state index in [9.17, 15) is 9.59 Å². The average Bonchev–Trinajstić information content (AvgIpc) is 2.97. The molecule has 0 unspecified atom stereocenters. The molecule has 2 aromatic heterocycles. The fourth-order valence-corrected chi connectivity index (χ4v) is 3.79. The summed E-state index contributed by atoms with van der Waals surface area (Å²) in [6.07, 6.45) is 5.38. The normalized spacial score (nSPS) is 13.6. The molecular weight excluding hydrogens is 364 g/mol. The molecule has 1 N–H and O–H groups in total. The first kappa shape index (κ1) is 18.9. The van der Waals surface area contributed by atoms with Crippen LogP contribution in [0, 0.1) is 6.92 Å². The first-order valence-corrected chi connectivity index (χ1v) is 9.64. The van der Waals surface area contributed by atoms with Crippen LogP contribution >= 0.6 is 0 Å². The average molecular weight is 388 g/mol. The van der Waals surface area contributed by atoms with Crippen LogP contribution in [0.25, 0.3) is 17.0 Å². The second kappa shape index (κ2) is 7.54. The number of amides is 1. The third-order valence-corrected chi connectivity index (χ3v) is 5.52. The molecule has 6 heteroatoms. The van der Waals surface area contributed by atoms with E-state index >= 15 is 0 Å². The lowest BCUT2D eigenvalue weighted by Crippen LogP contribution is -2.25. The highest BCUT2D eigenvalue weighted by Gasteiger charge is 2.17. The Labute approximate surface area is 169 Å². The Bertz CT molecular complexity index is 1100. The van der Waals surface area contributed by atoms with Gasteiger partial charge < -0.3 is 14.8 Å². The van der Waals surface area contributed by atoms with Crippen LogP contribution in [-0.2, 0) is 29.6 Å². The number of carbonyl (C=O) groups is 2. The second-order valence-electron chi connectivity index (χ2n) is 7.51. The summed E-state index contributed by atoms with van der Waals surface area (Å²) in [6.45, 7) is 2.96. The molecule has 0 spiro atoms. The van der Waals surface area contributed by atoms with Crippen LogP contribution in [0.15, 0.2) is 42.6 Å². The van der Waals surface area contributed by atoms with E-state index in [1.165, 1.54) is 16.5 Å². The highest BCUT2D eigenvalue weighted by atomic mass is 16.2. The van der Waals surface area contributed by atoms with Gasteiger partial charge >= 0.3 is 0 Å². The van der Waals surface area contributed by atoms with Gasteiger partial charge in [-0.1, -0.05) is 18.2 Å². The van der Waals surface area contributed by atoms with Crippen LogP contribution in [-0.4, -0.2) is 39.7 Å². The minimum atomic E-state index is -0.0736. The first-order valence-electron chi connectivity index (χ1n) is 9.64. The van der Waals surface area contributed by atoms with E-state index in [0.29, 0.717) is 19.5 Å². The third kappa shape index (κ3) is 3.66. The zero-order chi connectivity index (χ0) is 20.5. The number of hydrogen-bond acceptors (Lipinski definition) is 4. The molecule has 0 fully saturated rings. The van der Waals surface area contributed by atoms with E-state index in [0.717, 1.165) is 22.6 Å². The molecule has 3 aromatic rings. The number of anilines is 1. The van der Waals surface area contributed by atoms with Gasteiger partial charge in [0.2, 0.25) is 5.91 Å². The van der Waals surface area contributed by atoms with Gasteiger partial charge in [-0.05, 0) is 36.3 Å². The van der Waals surface area contributed by atoms with Gasteiger partial charge in [0.15, 0.2) is 5.78 Å². The number of para-hydroxylation sites is 1. The molecule has 1 aliphatic heterocycles. The van der Waals surface area contributed by atoms with Crippen molar-refractivity contribution in [2.24, 2.45) is 7.05 Å². The summed E-state index contributed by atoms with van der Waals surface area (Å²) < 4.78 is 2.15. The summed E-state index contributed by atoms with van der Waals surface area (Å²) in [5, 5.41) is 4.29. The van der Waals surface area contributed by atoms with Crippen molar-refractivity contribution in [3.8, 4) is 0 Å². The molecule has 0 atom stereocenters. The number of aryl methyl sites for hydroxylation is 2. The third-order valence-electron chi connectivity index (χ3n) is 5.52. The van der Waals surface area contributed by atoms with Crippen molar-refractivity contribution >= 4 is 34.4 Å². The molecule has 1 aromatic carbocycles. The molecule has 0 radical (unpaired) electrons. The van der Waals surface area contributed by atoms with Gasteiger partial charge in [-0.3, -0.25) is 14.6 Å². The van der Waals surface area contributed by atoms with Gasteiger partial charge in [0.25, 0.3) is 0 Å². The van der Waals surface area contributed by atoms with Crippen molar-refractivity contribution in [2.75, 3.05) is 18.9 Å². The van der Waals surface area contributed by atoms with E-state index in [-0.39, 0.29) is 11.7 Å². The molecule has 0 bridgehead atoms. The van der Waals surface area contributed by atoms with Gasteiger partial charge in [0.1, 0.15) is 0 Å². The smallest absolute Gasteiger partial charge is 0.246 e. The van der Waals surface area contributed by atoms with E-state index in [1.54, 1.807) is 23.2 Å². The summed E-state index contributed by atoms with van der Waals surface area (Å²) >= 11 is 0. The Morgan fingerprint density at radius 3 is 2.93 bits per heavy atom. The largest absolute Gasteiger partial charge is 0.376 e. The van der Waals surface area contributed by atoms with Crippen LogP contribution < -0.4 is 5.32 Å². The van der Waals surface area contributed by atoms with Gasteiger partial charge in [-0.25, -0.2) is 0 Å². The predicted molar refractivity (Wildman–Crippen MR) is 115 cm³/mol. The van der Waals surface area contributed by atoms with Crippen LogP contribution in [0.3, 0.4) is 0 Å². The maximum absolute atomic E-state index is 12.6. The maximum Gasteiger partial charge on any atom is 0.246 e. The van der Waals surface area contributed by atoms with Crippen LogP contribution in [0.4, 0.5) is 5.69 Å². The van der Waals surface area contributed by atoms with Crippen molar-refractivity contribution in [2.45, 2.75) is 19.9 Å². The monoisotopic (exact) mass is 388 g/mol. The Balaban J connectivity index is 1.48. The maximum atomic E-state index is 12.6. The molecule has 1 amide bonds. The Hall–Kier alpha value is -3.41. The second-order valence-corrected chi connectivity index (χ2v) is 7.51. The Morgan fingerprint density at radius 2 is 2.14 bits per heavy atom. The number of nitrogens with zero attached hydrogens (tertiary/aromatic N) is 3. The highest BCUT2D eigenvalue weighted by Crippen LogP contribution is 2.25. The van der Waals surface area contributed by atoms with Gasteiger partial charge in [-0.2, -0.15) is 0 Å². The molecule has 148 valence electrons. The summed E-state index contributed by atoms with van der Waals surface area (Å²) in [5.74, 6) is 0.0595. The van der Waals surface area contributed by atoms with Gasteiger partial charge in [-0.15, -0.1) is 0 Å². The minimum Gasteiger partial charge on any atom is -0.376 e. The molecular formula is C23H24N4O2. The van der Waals surface area contributed by atoms with Crippen LogP contribution in [0.5, 0.6) is 0 Å². The number of ketones is 1. The fraction of sp³-hybridized carbons (Fsp3) is 0.261. The SMILES string of the molecule is Cc1c(CN(C)C(=O)/C=C/c2cnc3c(c2)NCC(=O)C3)n(C)c2ccccc12. The van der Waals surface area contributed by atoms with Gasteiger partial charge in [0.05, 0.1) is 30.9 Å². The van der Waals surface area contributed by atoms with Gasteiger partial charge in [0, 0.05) is 43.0 Å². The van der Waals surface area contributed by atoms with E-state index in [1.807, 2.05) is 32.3 Å². The first-order chi connectivity index (χ1) is 13.9. The molecule has 6 nitrogen and oxygen atoms in total. The van der Waals surface area contributed by atoms with Crippen LogP contribution in [0.2, 0.25) is 0 Å². The zero-order valence-electron chi connectivity index (χ0n) is 16.9. The number of aromatic nitrogens is 2. The van der Waals surface area contributed by atoms with E-state index < -0.39 is 0 Å². The lowest BCUT2D eigenvalue weighted by atomic mass is 10.1. The number of fused-ring (bicyclic) bond motifs is 2. The number of pyridine rings is 1. The summed E-state index contributed by atoms with van der Waals surface area (Å²) in [7, 11) is 3.84. The molecule has 4 rings (SSSR count). The number of rotatable bonds is 4. The zero-order valence-corrected chi connectivity index (χ0v) is 16.9. The number of Topliss-reactive ketones (excluding diaryl/α,β-unsaturated/α-hetero) is 1. The predicted octanol–water partition coefficient (Wildman–Crippen LogP) is 3.09. The number of carbonyl (C=O) groups excluding carboxylic acids is 2. The molecule has 29 heavy (non-hydrogen) atoms. The highest BCUT2D eigenvalue weighted by molar-refractivity contribution is 5.92. The summed E-state index contributed by atoms with van der Waals surface area (Å²) in [6, 6.07) is 10.2. The van der Waals surface area contributed by atoms with Crippen molar-refractivity contribution in [1.82, 2.24) is 14.5 Å². The summed E-state index contributed by atoms with van der Waals surface area (Å²) in [5.41, 5.74) is 5.94. The number of benzene rings is 1. The van der Waals surface area contributed by atoms with E-state index in [4.69, 9.17) is 0 Å². The van der Waals surface area contributed by atoms with E-state index in [2.05, 4.69) is 33.9 Å². The quantitative estimate of drug-likeness (QED) is 0.698. The molecule has 0 saturated heterocycles. The fourth-order valence-electron chi connectivity index (χ4n) is 3.79. The van der Waals surface area contributed by atoms with Crippen LogP contribution in [0.1, 0.15) is 22.5 Å². The summed E-state index contributed by atoms with van der Waals surface area (Å²) in [4.78, 5) is 30.2. The Morgan fingerprint density at radius 1 is 1.34 bits per heavy atom. The minimum absolute atomic E-state index is 0.0736. The number of nitrogens with one attached hydrogen (secondary N) is 1. The standard InChI is InChI=1S/C23H24N4O2/c1-15-18-6-4-5-7-21(18)27(3)22(15)14-26(2)23(29)9-8-16-10-19-20(24-12-16)11-17(28)13-25-19/h4-10,12,25H,11,13-14H2,1-3H3/b9-8+. The molecule has 3 heterocycles. The molecule has 0 aliphatic carbocycles. The van der Waals surface area contributed by atoms with Crippen molar-refractivity contribution in [3.63, 3.8) is 0 Å². The Kier molecular flexibility index (Phi) is 4.92. The molecule has 0 saturated carbocycles.